The third-order valence-electron chi connectivity index (χ3n) is 3.20. The van der Waals surface area contributed by atoms with Gasteiger partial charge in [-0.2, -0.15) is 0 Å². The van der Waals surface area contributed by atoms with Gasteiger partial charge >= 0.3 is 0 Å². The fraction of sp³-hybridized carbons (Fsp3) is 1.00. The minimum atomic E-state index is 0.686. The van der Waals surface area contributed by atoms with Crippen LogP contribution in [0.3, 0.4) is 0 Å². The molecule has 0 amide bonds. The van der Waals surface area contributed by atoms with Crippen LogP contribution in [0.4, 0.5) is 0 Å². The molecule has 72 valence electrons. The predicted octanol–water partition coefficient (Wildman–Crippen LogP) is 2.81. The summed E-state index contributed by atoms with van der Waals surface area (Å²) >= 11 is 0. The van der Waals surface area contributed by atoms with E-state index in [1.807, 2.05) is 0 Å². The summed E-state index contributed by atoms with van der Waals surface area (Å²) < 4.78 is 0. The lowest BCUT2D eigenvalue weighted by Gasteiger charge is -2.19. The third kappa shape index (κ3) is 3.14. The van der Waals surface area contributed by atoms with Crippen molar-refractivity contribution in [3.05, 3.63) is 0 Å². The normalized spacial score (nSPS) is 22.0. The molecule has 1 nitrogen and oxygen atoms in total. The highest BCUT2D eigenvalue weighted by molar-refractivity contribution is 4.72. The van der Waals surface area contributed by atoms with Crippen molar-refractivity contribution in [1.82, 2.24) is 5.32 Å². The van der Waals surface area contributed by atoms with Gasteiger partial charge < -0.3 is 5.32 Å². The zero-order chi connectivity index (χ0) is 8.97. The van der Waals surface area contributed by atoms with Gasteiger partial charge in [0.25, 0.3) is 0 Å². The summed E-state index contributed by atoms with van der Waals surface area (Å²) in [6.07, 6.45) is 5.83. The second kappa shape index (κ2) is 4.86. The van der Waals surface area contributed by atoms with Crippen molar-refractivity contribution in [2.24, 2.45) is 11.8 Å². The van der Waals surface area contributed by atoms with E-state index in [4.69, 9.17) is 0 Å². The molecule has 1 atom stereocenters. The van der Waals surface area contributed by atoms with Crippen molar-refractivity contribution in [1.29, 1.82) is 0 Å². The lowest BCUT2D eigenvalue weighted by atomic mass is 10.0. The van der Waals surface area contributed by atoms with Crippen LogP contribution in [-0.2, 0) is 0 Å². The second-order valence-corrected chi connectivity index (χ2v) is 4.59. The Labute approximate surface area is 76.9 Å². The van der Waals surface area contributed by atoms with Gasteiger partial charge in [0.2, 0.25) is 0 Å². The predicted molar refractivity (Wildman–Crippen MR) is 54.3 cm³/mol. The standard InChI is InChI=1S/C11H23N/c1-9(2)10(3)12-8-11-6-4-5-7-11/h9-12H,4-8H2,1-3H3. The van der Waals surface area contributed by atoms with Crippen LogP contribution in [0.2, 0.25) is 0 Å². The molecule has 0 radical (unpaired) electrons. The zero-order valence-electron chi connectivity index (χ0n) is 8.77. The largest absolute Gasteiger partial charge is 0.314 e. The molecule has 1 fully saturated rings. The molecule has 0 aromatic carbocycles. The van der Waals surface area contributed by atoms with Crippen molar-refractivity contribution in [2.45, 2.75) is 52.5 Å². The maximum Gasteiger partial charge on any atom is 0.00618 e. The summed E-state index contributed by atoms with van der Waals surface area (Å²) in [7, 11) is 0. The molecule has 0 aromatic rings. The van der Waals surface area contributed by atoms with Gasteiger partial charge in [0.15, 0.2) is 0 Å². The zero-order valence-corrected chi connectivity index (χ0v) is 8.77. The molecule has 1 heteroatoms. The van der Waals surface area contributed by atoms with E-state index in [2.05, 4.69) is 26.1 Å². The highest BCUT2D eigenvalue weighted by Gasteiger charge is 2.15. The van der Waals surface area contributed by atoms with Crippen LogP contribution in [0.15, 0.2) is 0 Å². The van der Waals surface area contributed by atoms with Gasteiger partial charge in [-0.05, 0) is 38.1 Å². The molecule has 1 rings (SSSR count). The summed E-state index contributed by atoms with van der Waals surface area (Å²) in [4.78, 5) is 0. The lowest BCUT2D eigenvalue weighted by molar-refractivity contribution is 0.383. The van der Waals surface area contributed by atoms with Crippen LogP contribution in [0, 0.1) is 11.8 Å². The van der Waals surface area contributed by atoms with E-state index >= 15 is 0 Å². The molecular weight excluding hydrogens is 146 g/mol. The van der Waals surface area contributed by atoms with E-state index in [1.165, 1.54) is 32.2 Å². The number of nitrogens with one attached hydrogen (secondary N) is 1. The van der Waals surface area contributed by atoms with Crippen LogP contribution in [0.5, 0.6) is 0 Å². The Bertz CT molecular complexity index is 112. The van der Waals surface area contributed by atoms with Gasteiger partial charge in [-0.15, -0.1) is 0 Å². The molecule has 1 N–H and O–H groups in total. The molecule has 1 aliphatic rings. The number of rotatable bonds is 4. The Balaban J connectivity index is 2.07. The van der Waals surface area contributed by atoms with Crippen molar-refractivity contribution in [2.75, 3.05) is 6.54 Å². The molecule has 0 bridgehead atoms. The van der Waals surface area contributed by atoms with E-state index in [9.17, 15) is 0 Å². The first-order valence-corrected chi connectivity index (χ1v) is 5.43. The van der Waals surface area contributed by atoms with Crippen molar-refractivity contribution < 1.29 is 0 Å². The van der Waals surface area contributed by atoms with E-state index in [0.29, 0.717) is 6.04 Å². The molecule has 0 saturated heterocycles. The Morgan fingerprint density at radius 1 is 1.17 bits per heavy atom. The summed E-state index contributed by atoms with van der Waals surface area (Å²) in [6.45, 7) is 8.11. The quantitative estimate of drug-likeness (QED) is 0.682. The van der Waals surface area contributed by atoms with Crippen molar-refractivity contribution in [3.8, 4) is 0 Å². The first-order valence-electron chi connectivity index (χ1n) is 5.43. The van der Waals surface area contributed by atoms with Crippen LogP contribution < -0.4 is 5.32 Å². The summed E-state index contributed by atoms with van der Waals surface area (Å²) in [5, 5.41) is 3.62. The molecule has 1 unspecified atom stereocenters. The molecule has 12 heavy (non-hydrogen) atoms. The second-order valence-electron chi connectivity index (χ2n) is 4.59. The highest BCUT2D eigenvalue weighted by atomic mass is 14.9. The SMILES string of the molecule is CC(C)C(C)NCC1CCCC1. The Hall–Kier alpha value is -0.0400. The number of hydrogen-bond donors (Lipinski definition) is 1. The van der Waals surface area contributed by atoms with E-state index in [0.717, 1.165) is 11.8 Å². The van der Waals surface area contributed by atoms with E-state index < -0.39 is 0 Å². The van der Waals surface area contributed by atoms with Gasteiger partial charge in [-0.1, -0.05) is 26.7 Å². The van der Waals surface area contributed by atoms with Crippen LogP contribution in [0.25, 0.3) is 0 Å². The summed E-state index contributed by atoms with van der Waals surface area (Å²) in [5.41, 5.74) is 0. The smallest absolute Gasteiger partial charge is 0.00618 e. The fourth-order valence-corrected chi connectivity index (χ4v) is 1.80. The van der Waals surface area contributed by atoms with Crippen LogP contribution in [0.1, 0.15) is 46.5 Å². The van der Waals surface area contributed by atoms with Crippen LogP contribution in [-0.4, -0.2) is 12.6 Å². The van der Waals surface area contributed by atoms with Gasteiger partial charge in [0.1, 0.15) is 0 Å². The minimum Gasteiger partial charge on any atom is -0.314 e. The molecule has 0 heterocycles. The van der Waals surface area contributed by atoms with E-state index in [1.54, 1.807) is 0 Å². The number of hydrogen-bond acceptors (Lipinski definition) is 1. The monoisotopic (exact) mass is 169 g/mol. The maximum absolute atomic E-state index is 3.62. The molecule has 0 aliphatic heterocycles. The Kier molecular flexibility index (Phi) is 4.07. The van der Waals surface area contributed by atoms with Gasteiger partial charge in [-0.25, -0.2) is 0 Å². The molecule has 1 saturated carbocycles. The lowest BCUT2D eigenvalue weighted by Crippen LogP contribution is -2.34. The summed E-state index contributed by atoms with van der Waals surface area (Å²) in [6, 6.07) is 0.686. The van der Waals surface area contributed by atoms with Crippen molar-refractivity contribution in [3.63, 3.8) is 0 Å². The Morgan fingerprint density at radius 2 is 1.75 bits per heavy atom. The van der Waals surface area contributed by atoms with Crippen LogP contribution >= 0.6 is 0 Å². The highest BCUT2D eigenvalue weighted by Crippen LogP contribution is 2.23. The van der Waals surface area contributed by atoms with Gasteiger partial charge in [0, 0.05) is 6.04 Å². The van der Waals surface area contributed by atoms with Gasteiger partial charge in [-0.3, -0.25) is 0 Å². The maximum atomic E-state index is 3.62. The summed E-state index contributed by atoms with van der Waals surface area (Å²) in [5.74, 6) is 1.75. The average molecular weight is 169 g/mol. The topological polar surface area (TPSA) is 12.0 Å². The van der Waals surface area contributed by atoms with Crippen molar-refractivity contribution >= 4 is 0 Å². The van der Waals surface area contributed by atoms with E-state index in [-0.39, 0.29) is 0 Å². The molecule has 1 aliphatic carbocycles. The molecular formula is C11H23N. The average Bonchev–Trinajstić information content (AvgIpc) is 2.51. The minimum absolute atomic E-state index is 0.686. The first-order chi connectivity index (χ1) is 5.70. The first kappa shape index (κ1) is 10.0. The molecule has 0 spiro atoms. The molecule has 0 aromatic heterocycles. The fourth-order valence-electron chi connectivity index (χ4n) is 1.80. The Morgan fingerprint density at radius 3 is 2.25 bits per heavy atom. The van der Waals surface area contributed by atoms with Gasteiger partial charge in [0.05, 0.1) is 0 Å². The third-order valence-corrected chi connectivity index (χ3v) is 3.20.